The molecule has 3 rings (SSSR count). The lowest BCUT2D eigenvalue weighted by Gasteiger charge is -1.99. The largest absolute Gasteiger partial charge is 0.454 e. The van der Waals surface area contributed by atoms with Gasteiger partial charge in [0.15, 0.2) is 11.2 Å². The molecule has 5 heteroatoms. The van der Waals surface area contributed by atoms with Crippen LogP contribution in [-0.4, -0.2) is 18.0 Å². The van der Waals surface area contributed by atoms with Crippen LogP contribution < -0.4 is 5.43 Å². The lowest BCUT2D eigenvalue weighted by atomic mass is 10.2. The van der Waals surface area contributed by atoms with Gasteiger partial charge in [-0.3, -0.25) is 4.79 Å². The summed E-state index contributed by atoms with van der Waals surface area (Å²) in [6.45, 7) is 0. The van der Waals surface area contributed by atoms with Crippen molar-refractivity contribution in [2.75, 3.05) is 0 Å². The summed E-state index contributed by atoms with van der Waals surface area (Å²) in [5.74, 6) is 0.253. The van der Waals surface area contributed by atoms with E-state index in [1.54, 1.807) is 24.3 Å². The minimum atomic E-state index is -0.587. The summed E-state index contributed by atoms with van der Waals surface area (Å²) in [5.41, 5.74) is 0.570. The van der Waals surface area contributed by atoms with Gasteiger partial charge in [0, 0.05) is 6.07 Å². The number of aliphatic imine (C=N–C) groups is 2. The van der Waals surface area contributed by atoms with E-state index in [1.165, 1.54) is 12.3 Å². The lowest BCUT2D eigenvalue weighted by Crippen LogP contribution is -2.07. The van der Waals surface area contributed by atoms with Crippen LogP contribution in [0.4, 0.5) is 4.79 Å². The number of rotatable bonds is 1. The van der Waals surface area contributed by atoms with Crippen LogP contribution in [0.25, 0.3) is 11.0 Å². The van der Waals surface area contributed by atoms with Crippen molar-refractivity contribution in [3.63, 3.8) is 0 Å². The Labute approximate surface area is 95.1 Å². The number of hydrogen-bond donors (Lipinski definition) is 0. The highest BCUT2D eigenvalue weighted by molar-refractivity contribution is 6.43. The van der Waals surface area contributed by atoms with Gasteiger partial charge >= 0.3 is 6.03 Å². The van der Waals surface area contributed by atoms with Crippen LogP contribution in [0.5, 0.6) is 0 Å². The van der Waals surface area contributed by atoms with Crippen molar-refractivity contribution in [2.45, 2.75) is 0 Å². The van der Waals surface area contributed by atoms with Gasteiger partial charge in [-0.1, -0.05) is 12.1 Å². The Kier molecular flexibility index (Phi) is 1.98. The molecule has 0 bridgehead atoms. The molecule has 17 heavy (non-hydrogen) atoms. The molecule has 0 fully saturated rings. The second kappa shape index (κ2) is 3.48. The standard InChI is InChI=1S/C12H6N2O3/c15-9-5-11(8-6-13-12(16)14-8)17-10-4-2-1-3-7(9)10/h1-6H. The molecule has 1 aliphatic heterocycles. The molecule has 0 atom stereocenters. The van der Waals surface area contributed by atoms with E-state index in [2.05, 4.69) is 9.98 Å². The molecular weight excluding hydrogens is 220 g/mol. The van der Waals surface area contributed by atoms with Gasteiger partial charge in [0.2, 0.25) is 0 Å². The normalized spacial score (nSPS) is 14.4. The third-order valence-corrected chi connectivity index (χ3v) is 2.40. The Bertz CT molecular complexity index is 741. The summed E-state index contributed by atoms with van der Waals surface area (Å²) >= 11 is 0. The van der Waals surface area contributed by atoms with Crippen molar-refractivity contribution in [1.82, 2.24) is 0 Å². The number of nitrogens with zero attached hydrogens (tertiary/aromatic N) is 2. The number of carbonyl (C=O) groups excluding carboxylic acids is 1. The fraction of sp³-hybridized carbons (Fsp3) is 0. The third kappa shape index (κ3) is 1.57. The smallest absolute Gasteiger partial charge is 0.367 e. The average molecular weight is 226 g/mol. The van der Waals surface area contributed by atoms with Crippen molar-refractivity contribution < 1.29 is 9.21 Å². The zero-order chi connectivity index (χ0) is 11.8. The molecule has 0 saturated heterocycles. The third-order valence-electron chi connectivity index (χ3n) is 2.40. The highest BCUT2D eigenvalue weighted by atomic mass is 16.3. The molecule has 1 aromatic heterocycles. The Morgan fingerprint density at radius 3 is 2.71 bits per heavy atom. The van der Waals surface area contributed by atoms with E-state index in [0.717, 1.165) is 0 Å². The van der Waals surface area contributed by atoms with Crippen LogP contribution in [0.3, 0.4) is 0 Å². The van der Waals surface area contributed by atoms with E-state index < -0.39 is 6.03 Å². The maximum atomic E-state index is 11.8. The predicted octanol–water partition coefficient (Wildman–Crippen LogP) is 1.79. The molecule has 5 nitrogen and oxygen atoms in total. The predicted molar refractivity (Wildman–Crippen MR) is 62.9 cm³/mol. The van der Waals surface area contributed by atoms with E-state index in [9.17, 15) is 9.59 Å². The molecule has 0 spiro atoms. The van der Waals surface area contributed by atoms with E-state index in [-0.39, 0.29) is 16.9 Å². The first-order valence-corrected chi connectivity index (χ1v) is 4.94. The summed E-state index contributed by atoms with van der Waals surface area (Å²) in [6.07, 6.45) is 1.29. The minimum absolute atomic E-state index is 0.169. The summed E-state index contributed by atoms with van der Waals surface area (Å²) in [5, 5.41) is 0.498. The van der Waals surface area contributed by atoms with Gasteiger partial charge in [-0.2, -0.15) is 9.98 Å². The fourth-order valence-electron chi connectivity index (χ4n) is 1.63. The lowest BCUT2D eigenvalue weighted by molar-refractivity contribution is 0.257. The molecule has 0 N–H and O–H groups in total. The van der Waals surface area contributed by atoms with Crippen LogP contribution in [0.1, 0.15) is 5.76 Å². The van der Waals surface area contributed by atoms with Gasteiger partial charge in [-0.25, -0.2) is 4.79 Å². The molecule has 2 amide bonds. The first-order chi connectivity index (χ1) is 8.24. The topological polar surface area (TPSA) is 72.0 Å². The summed E-state index contributed by atoms with van der Waals surface area (Å²) < 4.78 is 5.50. The highest BCUT2D eigenvalue weighted by Crippen LogP contribution is 2.13. The molecule has 0 saturated carbocycles. The van der Waals surface area contributed by atoms with Gasteiger partial charge in [-0.05, 0) is 12.1 Å². The molecule has 2 aromatic rings. The van der Waals surface area contributed by atoms with Gasteiger partial charge in [-0.15, -0.1) is 0 Å². The average Bonchev–Trinajstić information content (AvgIpc) is 2.76. The number of hydrogen-bond acceptors (Lipinski definition) is 3. The zero-order valence-electron chi connectivity index (χ0n) is 8.58. The van der Waals surface area contributed by atoms with Crippen molar-refractivity contribution >= 4 is 28.9 Å². The quantitative estimate of drug-likeness (QED) is 0.744. The fourth-order valence-corrected chi connectivity index (χ4v) is 1.63. The Morgan fingerprint density at radius 1 is 1.12 bits per heavy atom. The van der Waals surface area contributed by atoms with Gasteiger partial charge in [0.05, 0.1) is 11.6 Å². The maximum Gasteiger partial charge on any atom is 0.367 e. The van der Waals surface area contributed by atoms with E-state index in [0.29, 0.717) is 11.0 Å². The van der Waals surface area contributed by atoms with Crippen molar-refractivity contribution in [3.8, 4) is 0 Å². The summed E-state index contributed by atoms with van der Waals surface area (Å²) in [6, 6.07) is 7.62. The SMILES string of the molecule is O=C1N=CC(c2cc(=O)c3ccccc3o2)=N1. The Balaban J connectivity index is 2.27. The molecule has 0 radical (unpaired) electrons. The number of fused-ring (bicyclic) bond motifs is 1. The van der Waals surface area contributed by atoms with Crippen molar-refractivity contribution in [2.24, 2.45) is 9.98 Å². The number of benzene rings is 1. The zero-order valence-corrected chi connectivity index (χ0v) is 8.58. The molecule has 1 aliphatic rings. The maximum absolute atomic E-state index is 11.8. The van der Waals surface area contributed by atoms with Crippen molar-refractivity contribution in [1.29, 1.82) is 0 Å². The number of para-hydroxylation sites is 1. The number of carbonyl (C=O) groups is 1. The van der Waals surface area contributed by atoms with Crippen LogP contribution in [0.2, 0.25) is 0 Å². The van der Waals surface area contributed by atoms with Gasteiger partial charge in [0.25, 0.3) is 0 Å². The summed E-state index contributed by atoms with van der Waals surface area (Å²) in [4.78, 5) is 29.8. The number of amides is 2. The second-order valence-electron chi connectivity index (χ2n) is 3.51. The van der Waals surface area contributed by atoms with Crippen LogP contribution in [0.15, 0.2) is 49.5 Å². The highest BCUT2D eigenvalue weighted by Gasteiger charge is 2.14. The van der Waals surface area contributed by atoms with E-state index >= 15 is 0 Å². The molecule has 2 heterocycles. The molecule has 82 valence electrons. The van der Waals surface area contributed by atoms with Gasteiger partial charge in [0.1, 0.15) is 11.3 Å². The Hall–Kier alpha value is -2.56. The summed E-state index contributed by atoms with van der Waals surface area (Å²) in [7, 11) is 0. The monoisotopic (exact) mass is 226 g/mol. The minimum Gasteiger partial charge on any atom is -0.454 e. The van der Waals surface area contributed by atoms with Crippen LogP contribution >= 0.6 is 0 Å². The second-order valence-corrected chi connectivity index (χ2v) is 3.51. The van der Waals surface area contributed by atoms with Crippen molar-refractivity contribution in [3.05, 3.63) is 46.3 Å². The van der Waals surface area contributed by atoms with Gasteiger partial charge < -0.3 is 4.42 Å². The van der Waals surface area contributed by atoms with Crippen LogP contribution in [0, 0.1) is 0 Å². The molecule has 0 aliphatic carbocycles. The van der Waals surface area contributed by atoms with Crippen LogP contribution in [-0.2, 0) is 0 Å². The molecular formula is C12H6N2O3. The van der Waals surface area contributed by atoms with E-state index in [1.807, 2.05) is 0 Å². The first-order valence-electron chi connectivity index (χ1n) is 4.94. The Morgan fingerprint density at radius 2 is 1.94 bits per heavy atom. The number of urea groups is 1. The molecule has 1 aromatic carbocycles. The van der Waals surface area contributed by atoms with E-state index in [4.69, 9.17) is 4.42 Å². The molecule has 0 unspecified atom stereocenters. The first kappa shape index (κ1) is 9.65.